The Labute approximate surface area is 124 Å². The zero-order valence-corrected chi connectivity index (χ0v) is 12.9. The number of hydrogen-bond acceptors (Lipinski definition) is 0. The summed E-state index contributed by atoms with van der Waals surface area (Å²) in [4.78, 5) is 0. The fraction of sp³-hybridized carbons (Fsp3) is 0.722. The first kappa shape index (κ1) is 15.3. The van der Waals surface area contributed by atoms with Crippen molar-refractivity contribution in [2.75, 3.05) is 0 Å². The van der Waals surface area contributed by atoms with Crippen LogP contribution in [0.4, 0.5) is 0 Å². The Hall–Kier alpha value is -1.05. The van der Waals surface area contributed by atoms with Crippen molar-refractivity contribution in [1.29, 1.82) is 0 Å². The normalized spacial score (nSPS) is 22.6. The first-order chi connectivity index (χ1) is 9.88. The van der Waals surface area contributed by atoms with E-state index >= 15 is 0 Å². The molecule has 2 rings (SSSR count). The lowest BCUT2D eigenvalue weighted by molar-refractivity contribution is -0.408. The lowest BCUT2D eigenvalue weighted by atomic mass is 10.1. The van der Waals surface area contributed by atoms with Crippen LogP contribution in [-0.4, -0.2) is 10.4 Å². The average Bonchev–Trinajstić information content (AvgIpc) is 2.69. The maximum absolute atomic E-state index is 8.55. The number of hydrogen-bond donors (Lipinski definition) is 0. The van der Waals surface area contributed by atoms with Gasteiger partial charge in [-0.05, 0) is 51.0 Å². The van der Waals surface area contributed by atoms with E-state index in [1.54, 1.807) is 0 Å². The van der Waals surface area contributed by atoms with E-state index in [4.69, 9.17) is 5.84 Å². The molecular weight excluding hydrogens is 244 g/mol. The molecule has 0 heterocycles. The molecule has 0 radical (unpaired) electrons. The summed E-state index contributed by atoms with van der Waals surface area (Å²) in [6.07, 6.45) is 22.8. The van der Waals surface area contributed by atoms with Crippen LogP contribution in [0, 0.1) is 0 Å². The molecule has 2 heteroatoms. The molecule has 0 amide bonds. The van der Waals surface area contributed by atoms with Gasteiger partial charge in [-0.25, -0.2) is 4.68 Å². The molecule has 2 nitrogen and oxygen atoms in total. The molecular formula is C18H30N2. The van der Waals surface area contributed by atoms with Crippen LogP contribution in [0.1, 0.15) is 83.5 Å². The Balaban J connectivity index is 2.07. The van der Waals surface area contributed by atoms with Gasteiger partial charge < -0.3 is 5.84 Å². The largest absolute Gasteiger partial charge is 0.449 e. The van der Waals surface area contributed by atoms with Crippen molar-refractivity contribution < 1.29 is 4.68 Å². The highest BCUT2D eigenvalue weighted by molar-refractivity contribution is 5.80. The van der Waals surface area contributed by atoms with Crippen molar-refractivity contribution >= 4 is 5.71 Å². The minimum Gasteiger partial charge on any atom is -0.449 e. The summed E-state index contributed by atoms with van der Waals surface area (Å²) in [5, 5.41) is 0. The lowest BCUT2D eigenvalue weighted by Gasteiger charge is -2.13. The summed E-state index contributed by atoms with van der Waals surface area (Å²) in [5.74, 6) is 8.55. The van der Waals surface area contributed by atoms with Gasteiger partial charge in [-0.2, -0.15) is 0 Å². The maximum atomic E-state index is 8.55. The Bertz CT molecular complexity index is 363. The van der Waals surface area contributed by atoms with Gasteiger partial charge in [0.2, 0.25) is 0 Å². The fourth-order valence-corrected chi connectivity index (χ4v) is 3.19. The second-order valence-electron chi connectivity index (χ2n) is 6.16. The molecule has 0 atom stereocenters. The first-order valence-electron chi connectivity index (χ1n) is 8.58. The smallest absolute Gasteiger partial charge is 0.172 e. The van der Waals surface area contributed by atoms with Gasteiger partial charge in [0.05, 0.1) is 0 Å². The number of nitrogens with one attached hydrogen (secondary N) is 1. The van der Waals surface area contributed by atoms with Crippen molar-refractivity contribution in [3.63, 3.8) is 0 Å². The zero-order chi connectivity index (χ0) is 14.0. The fourth-order valence-electron chi connectivity index (χ4n) is 3.19. The topological polar surface area (TPSA) is 26.8 Å². The molecule has 0 spiro atoms. The molecule has 0 aromatic heterocycles. The van der Waals surface area contributed by atoms with Crippen LogP contribution >= 0.6 is 0 Å². The first-order valence-corrected chi connectivity index (χ1v) is 8.58. The molecule has 112 valence electrons. The van der Waals surface area contributed by atoms with Crippen molar-refractivity contribution in [2.45, 2.75) is 83.5 Å². The predicted molar refractivity (Wildman–Crippen MR) is 86.8 cm³/mol. The van der Waals surface area contributed by atoms with E-state index in [1.165, 1.54) is 75.6 Å². The summed E-state index contributed by atoms with van der Waals surface area (Å²) in [6, 6.07) is 0. The number of allylic oxidation sites excluding steroid dienone is 4. The van der Waals surface area contributed by atoms with Crippen molar-refractivity contribution in [2.24, 2.45) is 0 Å². The molecule has 0 bridgehead atoms. The van der Waals surface area contributed by atoms with Gasteiger partial charge >= 0.3 is 0 Å². The number of rotatable bonds is 1. The predicted octanol–water partition coefficient (Wildman–Crippen LogP) is 5.95. The Kier molecular flexibility index (Phi) is 6.90. The minimum absolute atomic E-state index is 1.10. The van der Waals surface area contributed by atoms with Gasteiger partial charge in [-0.15, -0.1) is 0 Å². The molecule has 2 aliphatic rings. The van der Waals surface area contributed by atoms with Gasteiger partial charge in [-0.1, -0.05) is 31.4 Å². The highest BCUT2D eigenvalue weighted by atomic mass is 15.3. The SMILES string of the molecule is [NH-][N+](C1=CCCCCCCC1)=C1CCCC=CCCC1. The highest BCUT2D eigenvalue weighted by Gasteiger charge is 2.14. The minimum atomic E-state index is 1.10. The summed E-state index contributed by atoms with van der Waals surface area (Å²) in [5.41, 5.74) is 2.62. The highest BCUT2D eigenvalue weighted by Crippen LogP contribution is 2.20. The zero-order valence-electron chi connectivity index (χ0n) is 12.9. The van der Waals surface area contributed by atoms with Gasteiger partial charge in [0.25, 0.3) is 0 Å². The van der Waals surface area contributed by atoms with Crippen LogP contribution in [0.25, 0.3) is 5.84 Å². The third-order valence-electron chi connectivity index (χ3n) is 4.46. The third-order valence-corrected chi connectivity index (χ3v) is 4.46. The van der Waals surface area contributed by atoms with Gasteiger partial charge in [-0.3, -0.25) is 0 Å². The molecule has 2 aliphatic carbocycles. The second kappa shape index (κ2) is 8.99. The van der Waals surface area contributed by atoms with Crippen molar-refractivity contribution in [3.05, 3.63) is 29.8 Å². The van der Waals surface area contributed by atoms with Crippen LogP contribution < -0.4 is 0 Å². The van der Waals surface area contributed by atoms with E-state index in [0.717, 1.165) is 19.3 Å². The quantitative estimate of drug-likeness (QED) is 0.321. The molecule has 0 aliphatic heterocycles. The van der Waals surface area contributed by atoms with E-state index in [9.17, 15) is 0 Å². The van der Waals surface area contributed by atoms with Crippen LogP contribution in [0.15, 0.2) is 23.9 Å². The van der Waals surface area contributed by atoms with Gasteiger partial charge in [0.1, 0.15) is 0 Å². The van der Waals surface area contributed by atoms with E-state index in [2.05, 4.69) is 18.2 Å². The van der Waals surface area contributed by atoms with Gasteiger partial charge in [0, 0.05) is 19.3 Å². The van der Waals surface area contributed by atoms with E-state index in [1.807, 2.05) is 4.68 Å². The summed E-state index contributed by atoms with van der Waals surface area (Å²) in [6.45, 7) is 0. The Morgan fingerprint density at radius 3 is 2.10 bits per heavy atom. The van der Waals surface area contributed by atoms with E-state index < -0.39 is 0 Å². The summed E-state index contributed by atoms with van der Waals surface area (Å²) in [7, 11) is 0. The van der Waals surface area contributed by atoms with Crippen LogP contribution in [0.5, 0.6) is 0 Å². The Morgan fingerprint density at radius 1 is 0.700 bits per heavy atom. The van der Waals surface area contributed by atoms with Gasteiger partial charge in [0.15, 0.2) is 11.4 Å². The molecule has 0 aromatic carbocycles. The van der Waals surface area contributed by atoms with Crippen LogP contribution in [0.2, 0.25) is 0 Å². The maximum Gasteiger partial charge on any atom is 0.172 e. The molecule has 0 saturated carbocycles. The average molecular weight is 274 g/mol. The molecule has 0 fully saturated rings. The standard InChI is InChI=1S/C18H30N2/c19-20(17-13-9-5-1-2-6-10-14-17)18-15-11-7-3-4-8-12-16-18/h1-2,15,19H,3-14,16H2. The third kappa shape index (κ3) is 5.15. The summed E-state index contributed by atoms with van der Waals surface area (Å²) >= 11 is 0. The van der Waals surface area contributed by atoms with Crippen LogP contribution in [-0.2, 0) is 0 Å². The molecule has 0 unspecified atom stereocenters. The van der Waals surface area contributed by atoms with Crippen LogP contribution in [0.3, 0.4) is 0 Å². The summed E-state index contributed by atoms with van der Waals surface area (Å²) < 4.78 is 1.82. The second-order valence-corrected chi connectivity index (χ2v) is 6.16. The lowest BCUT2D eigenvalue weighted by Crippen LogP contribution is -2.15. The number of nitrogens with zero attached hydrogens (tertiary/aromatic N) is 1. The van der Waals surface area contributed by atoms with Crippen molar-refractivity contribution in [3.8, 4) is 0 Å². The molecule has 1 N–H and O–H groups in total. The monoisotopic (exact) mass is 274 g/mol. The van der Waals surface area contributed by atoms with E-state index in [-0.39, 0.29) is 0 Å². The molecule has 20 heavy (non-hydrogen) atoms. The Morgan fingerprint density at radius 2 is 1.35 bits per heavy atom. The molecule has 0 aromatic rings. The van der Waals surface area contributed by atoms with E-state index in [0.29, 0.717) is 0 Å². The molecule has 0 saturated heterocycles. The van der Waals surface area contributed by atoms with Crippen molar-refractivity contribution in [1.82, 2.24) is 0 Å².